The third kappa shape index (κ3) is 3.75. The van der Waals surface area contributed by atoms with Crippen LogP contribution in [0, 0.1) is 6.92 Å². The van der Waals surface area contributed by atoms with Gasteiger partial charge in [0.1, 0.15) is 0 Å². The third-order valence-corrected chi connectivity index (χ3v) is 5.02. The van der Waals surface area contributed by atoms with E-state index >= 15 is 0 Å². The SMILES string of the molecule is Cc1ccc(S(=O)(=O)NC(C)c2cccc(Cl)c2)cc1N. The number of aryl methyl sites for hydroxylation is 1. The molecule has 6 heteroatoms. The fraction of sp³-hybridized carbons (Fsp3) is 0.200. The van der Waals surface area contributed by atoms with Crippen LogP contribution in [0.4, 0.5) is 5.69 Å². The van der Waals surface area contributed by atoms with Crippen molar-refractivity contribution in [2.45, 2.75) is 24.8 Å². The summed E-state index contributed by atoms with van der Waals surface area (Å²) in [7, 11) is -3.63. The molecule has 0 heterocycles. The van der Waals surface area contributed by atoms with E-state index in [0.29, 0.717) is 10.7 Å². The highest BCUT2D eigenvalue weighted by atomic mass is 35.5. The molecule has 2 rings (SSSR count). The fourth-order valence-corrected chi connectivity index (χ4v) is 3.40. The summed E-state index contributed by atoms with van der Waals surface area (Å²) >= 11 is 5.92. The molecule has 0 aliphatic heterocycles. The van der Waals surface area contributed by atoms with E-state index in [-0.39, 0.29) is 4.90 Å². The largest absolute Gasteiger partial charge is 0.398 e. The van der Waals surface area contributed by atoms with Crippen LogP contribution < -0.4 is 10.5 Å². The quantitative estimate of drug-likeness (QED) is 0.848. The summed E-state index contributed by atoms with van der Waals surface area (Å²) in [6.45, 7) is 3.59. The molecule has 4 nitrogen and oxygen atoms in total. The zero-order valence-corrected chi connectivity index (χ0v) is 13.4. The molecule has 0 radical (unpaired) electrons. The van der Waals surface area contributed by atoms with Crippen molar-refractivity contribution < 1.29 is 8.42 Å². The van der Waals surface area contributed by atoms with Crippen molar-refractivity contribution in [2.75, 3.05) is 5.73 Å². The Hall–Kier alpha value is -1.56. The summed E-state index contributed by atoms with van der Waals surface area (Å²) in [6.07, 6.45) is 0. The second-order valence-corrected chi connectivity index (χ2v) is 7.07. The van der Waals surface area contributed by atoms with E-state index in [0.717, 1.165) is 11.1 Å². The summed E-state index contributed by atoms with van der Waals surface area (Å²) < 4.78 is 27.4. The number of benzene rings is 2. The maximum absolute atomic E-state index is 12.4. The first-order valence-electron chi connectivity index (χ1n) is 6.43. The van der Waals surface area contributed by atoms with Crippen molar-refractivity contribution in [3.8, 4) is 0 Å². The van der Waals surface area contributed by atoms with Crippen LogP contribution in [0.3, 0.4) is 0 Å². The van der Waals surface area contributed by atoms with Gasteiger partial charge in [-0.05, 0) is 49.2 Å². The predicted molar refractivity (Wildman–Crippen MR) is 85.8 cm³/mol. The van der Waals surface area contributed by atoms with Gasteiger partial charge in [-0.1, -0.05) is 29.8 Å². The molecule has 2 aromatic rings. The molecule has 0 bridgehead atoms. The highest BCUT2D eigenvalue weighted by Crippen LogP contribution is 2.22. The standard InChI is InChI=1S/C15H17ClN2O2S/c1-10-6-7-14(9-15(10)17)21(19,20)18-11(2)12-4-3-5-13(16)8-12/h3-9,11,18H,17H2,1-2H3. The molecule has 0 aliphatic rings. The normalized spacial score (nSPS) is 13.1. The lowest BCUT2D eigenvalue weighted by Gasteiger charge is -2.15. The smallest absolute Gasteiger partial charge is 0.241 e. The number of rotatable bonds is 4. The molecule has 0 spiro atoms. The first kappa shape index (κ1) is 15.8. The van der Waals surface area contributed by atoms with E-state index in [4.69, 9.17) is 17.3 Å². The first-order chi connectivity index (χ1) is 9.79. The summed E-state index contributed by atoms with van der Waals surface area (Å²) in [4.78, 5) is 0.152. The number of nitrogens with two attached hydrogens (primary N) is 1. The molecule has 112 valence electrons. The minimum absolute atomic E-state index is 0.152. The Balaban J connectivity index is 2.26. The average molecular weight is 325 g/mol. The number of nitrogens with one attached hydrogen (secondary N) is 1. The van der Waals surface area contributed by atoms with Crippen molar-refractivity contribution in [2.24, 2.45) is 0 Å². The van der Waals surface area contributed by atoms with Crippen LogP contribution in [-0.2, 0) is 10.0 Å². The molecule has 0 aromatic heterocycles. The Morgan fingerprint density at radius 2 is 1.90 bits per heavy atom. The molecule has 21 heavy (non-hydrogen) atoms. The van der Waals surface area contributed by atoms with Crippen LogP contribution >= 0.6 is 11.6 Å². The number of hydrogen-bond acceptors (Lipinski definition) is 3. The van der Waals surface area contributed by atoms with Crippen molar-refractivity contribution in [1.29, 1.82) is 0 Å². The van der Waals surface area contributed by atoms with E-state index in [9.17, 15) is 8.42 Å². The Labute approximate surface area is 130 Å². The Kier molecular flexibility index (Phi) is 4.56. The maximum Gasteiger partial charge on any atom is 0.241 e. The predicted octanol–water partition coefficient (Wildman–Crippen LogP) is 3.27. The summed E-state index contributed by atoms with van der Waals surface area (Å²) in [5.74, 6) is 0. The van der Waals surface area contributed by atoms with Crippen molar-refractivity contribution in [3.63, 3.8) is 0 Å². The van der Waals surface area contributed by atoms with Gasteiger partial charge in [0.15, 0.2) is 0 Å². The Bertz CT molecular complexity index is 760. The molecule has 2 aromatic carbocycles. The van der Waals surface area contributed by atoms with Gasteiger partial charge in [-0.15, -0.1) is 0 Å². The van der Waals surface area contributed by atoms with Gasteiger partial charge in [0.2, 0.25) is 10.0 Å². The third-order valence-electron chi connectivity index (χ3n) is 3.24. The second kappa shape index (κ2) is 6.05. The molecular weight excluding hydrogens is 308 g/mol. The summed E-state index contributed by atoms with van der Waals surface area (Å²) in [6, 6.07) is 11.4. The van der Waals surface area contributed by atoms with Gasteiger partial charge in [0.25, 0.3) is 0 Å². The lowest BCUT2D eigenvalue weighted by molar-refractivity contribution is 0.567. The van der Waals surface area contributed by atoms with Gasteiger partial charge >= 0.3 is 0 Å². The molecule has 3 N–H and O–H groups in total. The maximum atomic E-state index is 12.4. The molecule has 0 amide bonds. The van der Waals surface area contributed by atoms with Crippen LogP contribution in [0.5, 0.6) is 0 Å². The average Bonchev–Trinajstić information content (AvgIpc) is 2.41. The van der Waals surface area contributed by atoms with E-state index < -0.39 is 16.1 Å². The monoisotopic (exact) mass is 324 g/mol. The lowest BCUT2D eigenvalue weighted by Crippen LogP contribution is -2.27. The van der Waals surface area contributed by atoms with Gasteiger partial charge in [-0.25, -0.2) is 13.1 Å². The first-order valence-corrected chi connectivity index (χ1v) is 8.29. The molecule has 1 atom stereocenters. The zero-order chi connectivity index (χ0) is 15.6. The molecular formula is C15H17ClN2O2S. The molecule has 0 saturated heterocycles. The Morgan fingerprint density at radius 1 is 1.19 bits per heavy atom. The van der Waals surface area contributed by atoms with E-state index in [1.807, 2.05) is 13.0 Å². The topological polar surface area (TPSA) is 72.2 Å². The fourth-order valence-electron chi connectivity index (χ4n) is 1.93. The highest BCUT2D eigenvalue weighted by molar-refractivity contribution is 7.89. The zero-order valence-electron chi connectivity index (χ0n) is 11.8. The molecule has 0 aliphatic carbocycles. The molecule has 0 fully saturated rings. The van der Waals surface area contributed by atoms with Crippen LogP contribution in [-0.4, -0.2) is 8.42 Å². The number of sulfonamides is 1. The van der Waals surface area contributed by atoms with Crippen LogP contribution in [0.15, 0.2) is 47.4 Å². The Morgan fingerprint density at radius 3 is 2.52 bits per heavy atom. The van der Waals surface area contributed by atoms with Gasteiger partial charge < -0.3 is 5.73 Å². The minimum Gasteiger partial charge on any atom is -0.398 e. The number of halogens is 1. The van der Waals surface area contributed by atoms with E-state index in [1.165, 1.54) is 6.07 Å². The van der Waals surface area contributed by atoms with Gasteiger partial charge in [0, 0.05) is 16.8 Å². The molecule has 1 unspecified atom stereocenters. The minimum atomic E-state index is -3.63. The van der Waals surface area contributed by atoms with Gasteiger partial charge in [-0.2, -0.15) is 0 Å². The number of anilines is 1. The molecule has 0 saturated carbocycles. The highest BCUT2D eigenvalue weighted by Gasteiger charge is 2.19. The summed E-state index contributed by atoms with van der Waals surface area (Å²) in [5.41, 5.74) is 7.86. The summed E-state index contributed by atoms with van der Waals surface area (Å²) in [5, 5.41) is 0.568. The van der Waals surface area contributed by atoms with Crippen LogP contribution in [0.2, 0.25) is 5.02 Å². The van der Waals surface area contributed by atoms with Crippen LogP contribution in [0.1, 0.15) is 24.1 Å². The van der Waals surface area contributed by atoms with E-state index in [1.54, 1.807) is 37.3 Å². The van der Waals surface area contributed by atoms with E-state index in [2.05, 4.69) is 4.72 Å². The number of nitrogen functional groups attached to an aromatic ring is 1. The van der Waals surface area contributed by atoms with Crippen molar-refractivity contribution >= 4 is 27.3 Å². The van der Waals surface area contributed by atoms with Gasteiger partial charge in [0.05, 0.1) is 4.90 Å². The van der Waals surface area contributed by atoms with Crippen LogP contribution in [0.25, 0.3) is 0 Å². The lowest BCUT2D eigenvalue weighted by atomic mass is 10.1. The van der Waals surface area contributed by atoms with Crippen molar-refractivity contribution in [3.05, 3.63) is 58.6 Å². The van der Waals surface area contributed by atoms with Crippen molar-refractivity contribution in [1.82, 2.24) is 4.72 Å². The van der Waals surface area contributed by atoms with Gasteiger partial charge in [-0.3, -0.25) is 0 Å². The number of hydrogen-bond donors (Lipinski definition) is 2. The second-order valence-electron chi connectivity index (χ2n) is 4.92.